The Labute approximate surface area is 186 Å². The summed E-state index contributed by atoms with van der Waals surface area (Å²) in [5, 5.41) is 7.04. The number of benzene rings is 1. The number of ether oxygens (including phenoxy) is 2. The Balaban J connectivity index is 0.00000280. The van der Waals surface area contributed by atoms with E-state index in [2.05, 4.69) is 61.4 Å². The number of morpholine rings is 1. The van der Waals surface area contributed by atoms with Crippen LogP contribution in [0.5, 0.6) is 5.75 Å². The Morgan fingerprint density at radius 3 is 2.71 bits per heavy atom. The van der Waals surface area contributed by atoms with Gasteiger partial charge in [0.25, 0.3) is 0 Å². The predicted molar refractivity (Wildman–Crippen MR) is 125 cm³/mol. The Morgan fingerprint density at radius 2 is 2.00 bits per heavy atom. The van der Waals surface area contributed by atoms with Crippen molar-refractivity contribution in [2.45, 2.75) is 51.8 Å². The first-order valence-electron chi connectivity index (χ1n) is 10.1. The van der Waals surface area contributed by atoms with Crippen LogP contribution < -0.4 is 15.4 Å². The molecule has 2 atom stereocenters. The molecule has 2 N–H and O–H groups in total. The highest BCUT2D eigenvalue weighted by Crippen LogP contribution is 2.39. The lowest BCUT2D eigenvalue weighted by molar-refractivity contribution is 0.0220. The third-order valence-corrected chi connectivity index (χ3v) is 5.21. The fourth-order valence-electron chi connectivity index (χ4n) is 3.77. The van der Waals surface area contributed by atoms with Crippen LogP contribution in [0.25, 0.3) is 0 Å². The molecule has 1 aromatic rings. The molecule has 0 radical (unpaired) electrons. The summed E-state index contributed by atoms with van der Waals surface area (Å²) in [6.07, 6.45) is 0.896. The van der Waals surface area contributed by atoms with Crippen molar-refractivity contribution < 1.29 is 9.47 Å². The van der Waals surface area contributed by atoms with Gasteiger partial charge in [0.1, 0.15) is 11.4 Å². The molecule has 7 heteroatoms. The van der Waals surface area contributed by atoms with E-state index in [1.54, 1.807) is 0 Å². The van der Waals surface area contributed by atoms with Gasteiger partial charge in [0.15, 0.2) is 5.96 Å². The molecule has 2 aliphatic rings. The summed E-state index contributed by atoms with van der Waals surface area (Å²) in [4.78, 5) is 7.32. The lowest BCUT2D eigenvalue weighted by Crippen LogP contribution is -2.46. The van der Waals surface area contributed by atoms with Gasteiger partial charge in [-0.2, -0.15) is 0 Å². The highest BCUT2D eigenvalue weighted by molar-refractivity contribution is 14.0. The number of hydrogen-bond donors (Lipinski definition) is 2. The number of hydrogen-bond acceptors (Lipinski definition) is 4. The molecule has 1 fully saturated rings. The molecule has 0 aliphatic carbocycles. The molecule has 0 bridgehead atoms. The standard InChI is InChI=1S/C21H34N4O2.HI/c1-5-22-20(23-15-16(2)25-10-12-26-13-11-25)24-18-14-21(3,4)27-19-9-7-6-8-17(18)19;/h6-9,16,18H,5,10-15H2,1-4H3,(H2,22,23,24);1H. The molecule has 2 aliphatic heterocycles. The largest absolute Gasteiger partial charge is 0.487 e. The van der Waals surface area contributed by atoms with Crippen LogP contribution in [-0.4, -0.2) is 61.9 Å². The van der Waals surface area contributed by atoms with Crippen LogP contribution in [0, 0.1) is 0 Å². The average molecular weight is 502 g/mol. The van der Waals surface area contributed by atoms with Crippen LogP contribution in [-0.2, 0) is 4.74 Å². The molecule has 2 heterocycles. The Morgan fingerprint density at radius 1 is 1.29 bits per heavy atom. The summed E-state index contributed by atoms with van der Waals surface area (Å²) in [6, 6.07) is 8.88. The Hall–Kier alpha value is -1.06. The zero-order valence-electron chi connectivity index (χ0n) is 17.5. The molecule has 1 aromatic carbocycles. The van der Waals surface area contributed by atoms with Crippen molar-refractivity contribution >= 4 is 29.9 Å². The van der Waals surface area contributed by atoms with E-state index >= 15 is 0 Å². The maximum Gasteiger partial charge on any atom is 0.191 e. The van der Waals surface area contributed by atoms with E-state index in [0.717, 1.165) is 57.5 Å². The first kappa shape index (κ1) is 23.2. The summed E-state index contributed by atoms with van der Waals surface area (Å²) < 4.78 is 11.6. The van der Waals surface area contributed by atoms with E-state index in [9.17, 15) is 0 Å². The normalized spacial score (nSPS) is 23.0. The quantitative estimate of drug-likeness (QED) is 0.368. The molecule has 1 saturated heterocycles. The number of rotatable bonds is 5. The van der Waals surface area contributed by atoms with Crippen molar-refractivity contribution in [2.24, 2.45) is 4.99 Å². The lowest BCUT2D eigenvalue weighted by atomic mass is 9.90. The molecular weight excluding hydrogens is 467 g/mol. The molecule has 158 valence electrons. The lowest BCUT2D eigenvalue weighted by Gasteiger charge is -2.38. The van der Waals surface area contributed by atoms with Crippen molar-refractivity contribution in [2.75, 3.05) is 39.4 Å². The average Bonchev–Trinajstić information content (AvgIpc) is 2.66. The van der Waals surface area contributed by atoms with E-state index < -0.39 is 0 Å². The molecule has 0 spiro atoms. The number of aliphatic imine (C=N–C) groups is 1. The van der Waals surface area contributed by atoms with E-state index in [1.165, 1.54) is 5.56 Å². The SMILES string of the molecule is CCNC(=NCC(C)N1CCOCC1)NC1CC(C)(C)Oc2ccccc21.I. The van der Waals surface area contributed by atoms with Gasteiger partial charge >= 0.3 is 0 Å². The van der Waals surface area contributed by atoms with Crippen LogP contribution in [0.15, 0.2) is 29.3 Å². The van der Waals surface area contributed by atoms with Gasteiger partial charge in [0.05, 0.1) is 25.8 Å². The smallest absolute Gasteiger partial charge is 0.191 e. The zero-order chi connectivity index (χ0) is 19.3. The van der Waals surface area contributed by atoms with Crippen molar-refractivity contribution in [3.63, 3.8) is 0 Å². The van der Waals surface area contributed by atoms with E-state index in [4.69, 9.17) is 14.5 Å². The molecule has 0 saturated carbocycles. The molecule has 0 aromatic heterocycles. The molecule has 2 unspecified atom stereocenters. The second-order valence-corrected chi connectivity index (χ2v) is 8.02. The highest BCUT2D eigenvalue weighted by atomic mass is 127. The van der Waals surface area contributed by atoms with Gasteiger partial charge in [-0.3, -0.25) is 9.89 Å². The monoisotopic (exact) mass is 502 g/mol. The second-order valence-electron chi connectivity index (χ2n) is 8.02. The van der Waals surface area contributed by atoms with Crippen molar-refractivity contribution in [1.82, 2.24) is 15.5 Å². The molecule has 6 nitrogen and oxygen atoms in total. The fourth-order valence-corrected chi connectivity index (χ4v) is 3.77. The number of guanidine groups is 1. The summed E-state index contributed by atoms with van der Waals surface area (Å²) >= 11 is 0. The van der Waals surface area contributed by atoms with Crippen molar-refractivity contribution in [3.05, 3.63) is 29.8 Å². The molecule has 28 heavy (non-hydrogen) atoms. The summed E-state index contributed by atoms with van der Waals surface area (Å²) in [7, 11) is 0. The highest BCUT2D eigenvalue weighted by Gasteiger charge is 2.34. The van der Waals surface area contributed by atoms with Gasteiger partial charge in [-0.1, -0.05) is 18.2 Å². The third-order valence-electron chi connectivity index (χ3n) is 5.21. The van der Waals surface area contributed by atoms with Crippen LogP contribution >= 0.6 is 24.0 Å². The van der Waals surface area contributed by atoms with Crippen LogP contribution in [0.3, 0.4) is 0 Å². The maximum atomic E-state index is 6.15. The van der Waals surface area contributed by atoms with Crippen LogP contribution in [0.4, 0.5) is 0 Å². The fraction of sp³-hybridized carbons (Fsp3) is 0.667. The minimum atomic E-state index is -0.204. The maximum absolute atomic E-state index is 6.15. The number of halogens is 1. The minimum absolute atomic E-state index is 0. The Bertz CT molecular complexity index is 647. The van der Waals surface area contributed by atoms with E-state index in [0.29, 0.717) is 6.04 Å². The van der Waals surface area contributed by atoms with E-state index in [1.807, 2.05) is 6.07 Å². The minimum Gasteiger partial charge on any atom is -0.487 e. The zero-order valence-corrected chi connectivity index (χ0v) is 19.9. The van der Waals surface area contributed by atoms with Gasteiger partial charge < -0.3 is 20.1 Å². The first-order valence-corrected chi connectivity index (χ1v) is 10.1. The third kappa shape index (κ3) is 6.22. The summed E-state index contributed by atoms with van der Waals surface area (Å²) in [6.45, 7) is 13.8. The molecular formula is C21H35IN4O2. The van der Waals surface area contributed by atoms with Gasteiger partial charge in [0, 0.05) is 37.7 Å². The topological polar surface area (TPSA) is 58.1 Å². The van der Waals surface area contributed by atoms with Gasteiger partial charge in [-0.15, -0.1) is 24.0 Å². The summed E-state index contributed by atoms with van der Waals surface area (Å²) in [5.41, 5.74) is 0.994. The van der Waals surface area contributed by atoms with Gasteiger partial charge in [0.2, 0.25) is 0 Å². The second kappa shape index (κ2) is 10.6. The van der Waals surface area contributed by atoms with E-state index in [-0.39, 0.29) is 35.6 Å². The summed E-state index contributed by atoms with van der Waals surface area (Å²) in [5.74, 6) is 1.83. The molecule has 0 amide bonds. The Kier molecular flexibility index (Phi) is 8.82. The predicted octanol–water partition coefficient (Wildman–Crippen LogP) is 3.18. The van der Waals surface area contributed by atoms with Gasteiger partial charge in [-0.25, -0.2) is 0 Å². The van der Waals surface area contributed by atoms with Crippen LogP contribution in [0.1, 0.15) is 45.7 Å². The number of nitrogens with one attached hydrogen (secondary N) is 2. The molecule has 3 rings (SSSR count). The van der Waals surface area contributed by atoms with Crippen molar-refractivity contribution in [1.29, 1.82) is 0 Å². The first-order chi connectivity index (χ1) is 13.0. The number of nitrogens with zero attached hydrogens (tertiary/aromatic N) is 2. The van der Waals surface area contributed by atoms with Gasteiger partial charge in [-0.05, 0) is 33.8 Å². The van der Waals surface area contributed by atoms with Crippen molar-refractivity contribution in [3.8, 4) is 5.75 Å². The van der Waals surface area contributed by atoms with Crippen LogP contribution in [0.2, 0.25) is 0 Å². The number of fused-ring (bicyclic) bond motifs is 1. The number of para-hydroxylation sites is 1.